The number of fused-ring (bicyclic) bond motifs is 1. The van der Waals surface area contributed by atoms with Gasteiger partial charge in [-0.15, -0.1) is 15.3 Å². The van der Waals surface area contributed by atoms with E-state index in [1.54, 1.807) is 4.52 Å². The van der Waals surface area contributed by atoms with Gasteiger partial charge in [-0.05, 0) is 82.0 Å². The van der Waals surface area contributed by atoms with E-state index in [4.69, 9.17) is 0 Å². The Kier molecular flexibility index (Phi) is 5.07. The molecule has 1 N–H and O–H groups in total. The van der Waals surface area contributed by atoms with Crippen LogP contribution in [0.15, 0.2) is 30.3 Å². The van der Waals surface area contributed by atoms with Crippen molar-refractivity contribution in [1.29, 1.82) is 0 Å². The Hall–Kier alpha value is -3.55. The lowest BCUT2D eigenvalue weighted by atomic mass is 10.1. The molecule has 8 heteroatoms. The summed E-state index contributed by atoms with van der Waals surface area (Å²) >= 11 is 0. The van der Waals surface area contributed by atoms with Crippen LogP contribution < -0.4 is 5.32 Å². The van der Waals surface area contributed by atoms with Gasteiger partial charge >= 0.3 is 0 Å². The van der Waals surface area contributed by atoms with Gasteiger partial charge in [-0.1, -0.05) is 6.07 Å². The number of rotatable bonds is 5. The number of aryl methyl sites for hydroxylation is 4. The molecule has 0 spiro atoms. The number of nitrogens with one attached hydrogen (secondary N) is 1. The average molecular weight is 403 g/mol. The van der Waals surface area contributed by atoms with Crippen molar-refractivity contribution in [3.63, 3.8) is 0 Å². The lowest BCUT2D eigenvalue weighted by Gasteiger charge is -2.08. The second-order valence-corrected chi connectivity index (χ2v) is 7.62. The third-order valence-electron chi connectivity index (χ3n) is 5.46. The number of benzene rings is 1. The number of aromatic nitrogens is 6. The molecule has 8 nitrogen and oxygen atoms in total. The molecule has 0 unspecified atom stereocenters. The quantitative estimate of drug-likeness (QED) is 0.551. The molecule has 0 bridgehead atoms. The number of carbonyl (C=O) groups excluding carboxylic acids is 1. The van der Waals surface area contributed by atoms with E-state index < -0.39 is 0 Å². The Morgan fingerprint density at radius 3 is 2.53 bits per heavy atom. The first kappa shape index (κ1) is 19.8. The van der Waals surface area contributed by atoms with Crippen LogP contribution >= 0.6 is 0 Å². The molecule has 154 valence electrons. The molecule has 0 radical (unpaired) electrons. The number of anilines is 1. The summed E-state index contributed by atoms with van der Waals surface area (Å²) in [6.07, 6.45) is 1.000. The number of hydrogen-bond acceptors (Lipinski definition) is 5. The van der Waals surface area contributed by atoms with E-state index in [0.29, 0.717) is 24.3 Å². The zero-order chi connectivity index (χ0) is 21.4. The van der Waals surface area contributed by atoms with Gasteiger partial charge in [0.2, 0.25) is 5.91 Å². The Balaban J connectivity index is 1.51. The van der Waals surface area contributed by atoms with Crippen LogP contribution in [0.3, 0.4) is 0 Å². The molecule has 30 heavy (non-hydrogen) atoms. The van der Waals surface area contributed by atoms with Gasteiger partial charge in [0.05, 0.1) is 5.69 Å². The molecule has 0 aliphatic heterocycles. The minimum Gasteiger partial charge on any atom is -0.326 e. The first-order chi connectivity index (χ1) is 14.3. The highest BCUT2D eigenvalue weighted by Crippen LogP contribution is 2.20. The fourth-order valence-corrected chi connectivity index (χ4v) is 3.54. The average Bonchev–Trinajstić information content (AvgIpc) is 3.22. The van der Waals surface area contributed by atoms with Crippen LogP contribution in [0.2, 0.25) is 0 Å². The van der Waals surface area contributed by atoms with Crippen LogP contribution in [0.4, 0.5) is 5.69 Å². The summed E-state index contributed by atoms with van der Waals surface area (Å²) in [6, 6.07) is 9.69. The lowest BCUT2D eigenvalue weighted by molar-refractivity contribution is -0.116. The van der Waals surface area contributed by atoms with Crippen molar-refractivity contribution in [3.05, 3.63) is 64.2 Å². The molecular formula is C22H25N7O. The number of amides is 1. The fraction of sp³-hybridized carbons (Fsp3) is 0.318. The predicted molar refractivity (Wildman–Crippen MR) is 115 cm³/mol. The zero-order valence-electron chi connectivity index (χ0n) is 17.9. The molecule has 1 amide bonds. The molecule has 0 saturated carbocycles. The maximum Gasteiger partial charge on any atom is 0.224 e. The van der Waals surface area contributed by atoms with Gasteiger partial charge in [0, 0.05) is 17.8 Å². The van der Waals surface area contributed by atoms with Crippen molar-refractivity contribution in [2.75, 3.05) is 5.32 Å². The van der Waals surface area contributed by atoms with Crippen molar-refractivity contribution in [2.45, 2.75) is 47.5 Å². The van der Waals surface area contributed by atoms with E-state index in [9.17, 15) is 4.79 Å². The topological polar surface area (TPSA) is 90.0 Å². The van der Waals surface area contributed by atoms with Crippen molar-refractivity contribution < 1.29 is 4.79 Å². The van der Waals surface area contributed by atoms with Gasteiger partial charge in [-0.3, -0.25) is 4.79 Å². The fourth-order valence-electron chi connectivity index (χ4n) is 3.54. The standard InChI is InChI=1S/C22H25N7O/c1-13-6-7-18(12-14(13)2)23-22(30)11-8-19-15(3)26-28(16(19)4)21-10-9-20-25-24-17(5)29(20)27-21/h6-7,9-10,12H,8,11H2,1-5H3,(H,23,30). The lowest BCUT2D eigenvalue weighted by Crippen LogP contribution is -2.13. The Labute approximate surface area is 174 Å². The van der Waals surface area contributed by atoms with E-state index in [-0.39, 0.29) is 5.91 Å². The summed E-state index contributed by atoms with van der Waals surface area (Å²) in [6.45, 7) is 9.92. The summed E-state index contributed by atoms with van der Waals surface area (Å²) in [7, 11) is 0. The van der Waals surface area contributed by atoms with E-state index in [1.807, 2.05) is 62.7 Å². The molecule has 0 fully saturated rings. The summed E-state index contributed by atoms with van der Waals surface area (Å²) in [5.41, 5.74) is 6.83. The first-order valence-corrected chi connectivity index (χ1v) is 9.95. The summed E-state index contributed by atoms with van der Waals surface area (Å²) in [4.78, 5) is 12.5. The normalized spacial score (nSPS) is 11.2. The van der Waals surface area contributed by atoms with Gasteiger partial charge in [0.25, 0.3) is 0 Å². The predicted octanol–water partition coefficient (Wildman–Crippen LogP) is 3.42. The smallest absolute Gasteiger partial charge is 0.224 e. The van der Waals surface area contributed by atoms with Gasteiger partial charge in [-0.25, -0.2) is 4.68 Å². The summed E-state index contributed by atoms with van der Waals surface area (Å²) < 4.78 is 3.51. The molecule has 4 rings (SSSR count). The minimum absolute atomic E-state index is 0.00976. The Morgan fingerprint density at radius 2 is 1.77 bits per heavy atom. The molecule has 3 aromatic heterocycles. The van der Waals surface area contributed by atoms with E-state index >= 15 is 0 Å². The van der Waals surface area contributed by atoms with Crippen LogP contribution in [0, 0.1) is 34.6 Å². The van der Waals surface area contributed by atoms with Crippen molar-refractivity contribution in [1.82, 2.24) is 29.6 Å². The van der Waals surface area contributed by atoms with Gasteiger partial charge in [0.15, 0.2) is 17.3 Å². The second kappa shape index (κ2) is 7.70. The highest BCUT2D eigenvalue weighted by atomic mass is 16.1. The molecule has 0 saturated heterocycles. The molecule has 0 atom stereocenters. The maximum atomic E-state index is 12.5. The molecular weight excluding hydrogens is 378 g/mol. The van der Waals surface area contributed by atoms with Crippen LogP contribution in [0.25, 0.3) is 11.5 Å². The van der Waals surface area contributed by atoms with E-state index in [2.05, 4.69) is 32.6 Å². The summed E-state index contributed by atoms with van der Waals surface area (Å²) in [5, 5.41) is 20.4. The second-order valence-electron chi connectivity index (χ2n) is 7.62. The van der Waals surface area contributed by atoms with Crippen LogP contribution in [0.1, 0.15) is 40.3 Å². The molecule has 4 aromatic rings. The monoisotopic (exact) mass is 403 g/mol. The molecule has 0 aliphatic carbocycles. The number of hydrogen-bond donors (Lipinski definition) is 1. The highest BCUT2D eigenvalue weighted by molar-refractivity contribution is 5.91. The molecule has 1 aromatic carbocycles. The van der Waals surface area contributed by atoms with E-state index in [1.165, 1.54) is 5.56 Å². The van der Waals surface area contributed by atoms with Crippen LogP contribution in [-0.2, 0) is 11.2 Å². The van der Waals surface area contributed by atoms with Crippen molar-refractivity contribution in [3.8, 4) is 5.82 Å². The van der Waals surface area contributed by atoms with Crippen LogP contribution in [-0.4, -0.2) is 35.5 Å². The number of nitrogens with zero attached hydrogens (tertiary/aromatic N) is 6. The van der Waals surface area contributed by atoms with Crippen LogP contribution in [0.5, 0.6) is 0 Å². The molecule has 3 heterocycles. The van der Waals surface area contributed by atoms with Crippen molar-refractivity contribution in [2.24, 2.45) is 0 Å². The maximum absolute atomic E-state index is 12.5. The largest absolute Gasteiger partial charge is 0.326 e. The Bertz CT molecular complexity index is 1250. The SMILES string of the molecule is Cc1ccc(NC(=O)CCc2c(C)nn(-c3ccc4nnc(C)n4n3)c2C)cc1C. The zero-order valence-corrected chi connectivity index (χ0v) is 17.9. The van der Waals surface area contributed by atoms with Gasteiger partial charge < -0.3 is 5.32 Å². The van der Waals surface area contributed by atoms with E-state index in [0.717, 1.165) is 34.0 Å². The third-order valence-corrected chi connectivity index (χ3v) is 5.46. The first-order valence-electron chi connectivity index (χ1n) is 9.95. The van der Waals surface area contributed by atoms with Gasteiger partial charge in [-0.2, -0.15) is 9.61 Å². The summed E-state index contributed by atoms with van der Waals surface area (Å²) in [5.74, 6) is 1.40. The molecule has 0 aliphatic rings. The third kappa shape index (κ3) is 3.68. The van der Waals surface area contributed by atoms with Gasteiger partial charge in [0.1, 0.15) is 0 Å². The Morgan fingerprint density at radius 1 is 0.967 bits per heavy atom. The number of carbonyl (C=O) groups is 1. The highest BCUT2D eigenvalue weighted by Gasteiger charge is 2.16. The minimum atomic E-state index is -0.00976. The van der Waals surface area contributed by atoms with Crippen molar-refractivity contribution >= 4 is 17.2 Å².